The van der Waals surface area contributed by atoms with Crippen molar-refractivity contribution in [3.63, 3.8) is 0 Å². The molecule has 96 valence electrons. The second kappa shape index (κ2) is 5.09. The molecule has 0 unspecified atom stereocenters. The minimum atomic E-state index is 0.251. The average molecular weight is 269 g/mol. The van der Waals surface area contributed by atoms with Crippen molar-refractivity contribution in [3.05, 3.63) is 23.0 Å². The molecule has 0 atom stereocenters. The van der Waals surface area contributed by atoms with E-state index in [-0.39, 0.29) is 6.01 Å². The summed E-state index contributed by atoms with van der Waals surface area (Å²) in [6, 6.07) is 0.251. The number of nitrogens with zero attached hydrogens (tertiary/aromatic N) is 4. The first-order valence-electron chi connectivity index (χ1n) is 5.18. The van der Waals surface area contributed by atoms with E-state index in [1.807, 2.05) is 0 Å². The van der Waals surface area contributed by atoms with Gasteiger partial charge in [0, 0.05) is 19.2 Å². The number of ether oxygens (including phenoxy) is 1. The molecule has 0 aliphatic heterocycles. The molecule has 0 radical (unpaired) electrons. The van der Waals surface area contributed by atoms with Crippen molar-refractivity contribution in [2.75, 3.05) is 18.2 Å². The molecule has 18 heavy (non-hydrogen) atoms. The maximum Gasteiger partial charge on any atom is 0.318 e. The number of halogens is 1. The van der Waals surface area contributed by atoms with E-state index >= 15 is 0 Å². The molecule has 2 aromatic rings. The van der Waals surface area contributed by atoms with Crippen LogP contribution in [-0.2, 0) is 13.6 Å². The quantitative estimate of drug-likeness (QED) is 0.862. The van der Waals surface area contributed by atoms with E-state index in [1.54, 1.807) is 17.9 Å². The highest BCUT2D eigenvalue weighted by molar-refractivity contribution is 6.32. The summed E-state index contributed by atoms with van der Waals surface area (Å²) in [5, 5.41) is 7.52. The first kappa shape index (κ1) is 12.4. The third kappa shape index (κ3) is 2.45. The van der Waals surface area contributed by atoms with E-state index in [0.29, 0.717) is 23.2 Å². The molecular weight excluding hydrogens is 256 g/mol. The van der Waals surface area contributed by atoms with Gasteiger partial charge in [-0.25, -0.2) is 4.98 Å². The fraction of sp³-hybridized carbons (Fsp3) is 0.300. The van der Waals surface area contributed by atoms with Gasteiger partial charge in [-0.1, -0.05) is 11.6 Å². The molecule has 0 saturated heterocycles. The van der Waals surface area contributed by atoms with Crippen molar-refractivity contribution in [3.8, 4) is 6.01 Å². The van der Waals surface area contributed by atoms with Crippen LogP contribution in [0, 0.1) is 0 Å². The van der Waals surface area contributed by atoms with Crippen molar-refractivity contribution in [2.24, 2.45) is 7.05 Å². The smallest absolute Gasteiger partial charge is 0.318 e. The van der Waals surface area contributed by atoms with Crippen LogP contribution in [0.4, 0.5) is 11.6 Å². The van der Waals surface area contributed by atoms with E-state index in [1.165, 1.54) is 13.3 Å². The molecule has 0 aliphatic carbocycles. The summed E-state index contributed by atoms with van der Waals surface area (Å²) in [7, 11) is 3.27. The Labute approximate surface area is 109 Å². The lowest BCUT2D eigenvalue weighted by Crippen LogP contribution is -2.06. The number of nitrogens with one attached hydrogen (secondary N) is 1. The van der Waals surface area contributed by atoms with E-state index in [4.69, 9.17) is 22.1 Å². The van der Waals surface area contributed by atoms with Crippen LogP contribution < -0.4 is 15.8 Å². The maximum atomic E-state index is 5.97. The van der Waals surface area contributed by atoms with Gasteiger partial charge in [0.2, 0.25) is 0 Å². The Morgan fingerprint density at radius 1 is 1.50 bits per heavy atom. The molecule has 0 spiro atoms. The van der Waals surface area contributed by atoms with Gasteiger partial charge in [-0.2, -0.15) is 10.1 Å². The fourth-order valence-corrected chi connectivity index (χ4v) is 1.54. The Bertz CT molecular complexity index is 555. The lowest BCUT2D eigenvalue weighted by Gasteiger charge is -2.07. The first-order chi connectivity index (χ1) is 8.61. The third-order valence-corrected chi connectivity index (χ3v) is 2.69. The summed E-state index contributed by atoms with van der Waals surface area (Å²) in [6.07, 6.45) is 3.16. The molecule has 0 aliphatic rings. The average Bonchev–Trinajstić information content (AvgIpc) is 2.69. The summed E-state index contributed by atoms with van der Waals surface area (Å²) in [4.78, 5) is 7.99. The van der Waals surface area contributed by atoms with Gasteiger partial charge < -0.3 is 15.8 Å². The van der Waals surface area contributed by atoms with Crippen molar-refractivity contribution in [1.82, 2.24) is 19.7 Å². The Balaban J connectivity index is 2.12. The standard InChI is InChI=1S/C10H13ClN6O/c1-17-8(12)6(4-15-17)3-13-9-7(11)5-14-10(16-9)18-2/h4-5H,3,12H2,1-2H3,(H,13,14,16). The van der Waals surface area contributed by atoms with Crippen molar-refractivity contribution >= 4 is 23.2 Å². The number of hydrogen-bond acceptors (Lipinski definition) is 6. The van der Waals surface area contributed by atoms with Gasteiger partial charge in [0.15, 0.2) is 5.82 Å². The number of rotatable bonds is 4. The van der Waals surface area contributed by atoms with Crippen LogP contribution in [0.2, 0.25) is 5.02 Å². The van der Waals surface area contributed by atoms with Gasteiger partial charge in [-0.05, 0) is 0 Å². The van der Waals surface area contributed by atoms with E-state index in [9.17, 15) is 0 Å². The Morgan fingerprint density at radius 3 is 2.89 bits per heavy atom. The zero-order valence-corrected chi connectivity index (χ0v) is 10.8. The zero-order chi connectivity index (χ0) is 13.1. The highest BCUT2D eigenvalue weighted by Gasteiger charge is 2.08. The Hall–Kier alpha value is -2.02. The monoisotopic (exact) mass is 268 g/mol. The minimum absolute atomic E-state index is 0.251. The van der Waals surface area contributed by atoms with Gasteiger partial charge in [-0.15, -0.1) is 0 Å². The van der Waals surface area contributed by atoms with Crippen LogP contribution in [0.25, 0.3) is 0 Å². The van der Waals surface area contributed by atoms with E-state index < -0.39 is 0 Å². The number of aryl methyl sites for hydroxylation is 1. The van der Waals surface area contributed by atoms with Crippen LogP contribution in [0.5, 0.6) is 6.01 Å². The molecule has 0 amide bonds. The molecule has 2 rings (SSSR count). The predicted octanol–water partition coefficient (Wildman–Crippen LogP) is 1.07. The summed E-state index contributed by atoms with van der Waals surface area (Å²) in [6.45, 7) is 0.472. The number of nitrogen functional groups attached to an aromatic ring is 1. The number of anilines is 2. The summed E-state index contributed by atoms with van der Waals surface area (Å²) in [5.41, 5.74) is 6.70. The summed E-state index contributed by atoms with van der Waals surface area (Å²) >= 11 is 5.97. The SMILES string of the molecule is COc1ncc(Cl)c(NCc2cnn(C)c2N)n1. The normalized spacial score (nSPS) is 10.4. The molecule has 2 aromatic heterocycles. The van der Waals surface area contributed by atoms with Crippen LogP contribution in [0.15, 0.2) is 12.4 Å². The largest absolute Gasteiger partial charge is 0.467 e. The van der Waals surface area contributed by atoms with Crippen LogP contribution >= 0.6 is 11.6 Å². The number of hydrogen-bond donors (Lipinski definition) is 2. The lowest BCUT2D eigenvalue weighted by atomic mass is 10.3. The highest BCUT2D eigenvalue weighted by atomic mass is 35.5. The second-order valence-corrected chi connectivity index (χ2v) is 3.99. The highest BCUT2D eigenvalue weighted by Crippen LogP contribution is 2.21. The zero-order valence-electron chi connectivity index (χ0n) is 10.0. The van der Waals surface area contributed by atoms with Gasteiger partial charge >= 0.3 is 6.01 Å². The molecule has 7 nitrogen and oxygen atoms in total. The summed E-state index contributed by atoms with van der Waals surface area (Å²) < 4.78 is 6.52. The lowest BCUT2D eigenvalue weighted by molar-refractivity contribution is 0.380. The van der Waals surface area contributed by atoms with Gasteiger partial charge in [0.05, 0.1) is 19.5 Å². The summed E-state index contributed by atoms with van der Waals surface area (Å²) in [5.74, 6) is 1.09. The number of methoxy groups -OCH3 is 1. The first-order valence-corrected chi connectivity index (χ1v) is 5.56. The molecule has 0 bridgehead atoms. The van der Waals surface area contributed by atoms with Crippen molar-refractivity contribution in [1.29, 1.82) is 0 Å². The minimum Gasteiger partial charge on any atom is -0.467 e. The van der Waals surface area contributed by atoms with Crippen LogP contribution in [-0.4, -0.2) is 26.9 Å². The predicted molar refractivity (Wildman–Crippen MR) is 68.5 cm³/mol. The van der Waals surface area contributed by atoms with Crippen LogP contribution in [0.1, 0.15) is 5.56 Å². The molecule has 2 heterocycles. The van der Waals surface area contributed by atoms with E-state index in [0.717, 1.165) is 5.56 Å². The molecular formula is C10H13ClN6O. The topological polar surface area (TPSA) is 90.9 Å². The molecule has 8 heteroatoms. The Kier molecular flexibility index (Phi) is 3.52. The fourth-order valence-electron chi connectivity index (χ4n) is 1.38. The molecule has 0 aromatic carbocycles. The second-order valence-electron chi connectivity index (χ2n) is 3.59. The number of aromatic nitrogens is 4. The van der Waals surface area contributed by atoms with Gasteiger partial charge in [0.25, 0.3) is 0 Å². The van der Waals surface area contributed by atoms with E-state index in [2.05, 4.69) is 20.4 Å². The number of nitrogens with two attached hydrogens (primary N) is 1. The molecule has 0 saturated carbocycles. The molecule has 3 N–H and O–H groups in total. The van der Waals surface area contributed by atoms with Gasteiger partial charge in [-0.3, -0.25) is 4.68 Å². The van der Waals surface area contributed by atoms with Crippen molar-refractivity contribution in [2.45, 2.75) is 6.54 Å². The van der Waals surface area contributed by atoms with Crippen LogP contribution in [0.3, 0.4) is 0 Å². The third-order valence-electron chi connectivity index (χ3n) is 2.42. The van der Waals surface area contributed by atoms with Gasteiger partial charge in [0.1, 0.15) is 10.8 Å². The molecule has 0 fully saturated rings. The van der Waals surface area contributed by atoms with Crippen molar-refractivity contribution < 1.29 is 4.74 Å². The maximum absolute atomic E-state index is 5.97. The Morgan fingerprint density at radius 2 is 2.28 bits per heavy atom.